The van der Waals surface area contributed by atoms with Gasteiger partial charge in [0.2, 0.25) is 0 Å². The summed E-state index contributed by atoms with van der Waals surface area (Å²) in [6, 6.07) is 1.68. The van der Waals surface area contributed by atoms with Crippen LogP contribution in [0.2, 0.25) is 0 Å². The summed E-state index contributed by atoms with van der Waals surface area (Å²) in [7, 11) is 2.09. The normalized spacial score (nSPS) is 19.8. The van der Waals surface area contributed by atoms with Crippen LogP contribution >= 0.6 is 0 Å². The number of nitrogens with two attached hydrogens (primary N) is 1. The first-order valence-electron chi connectivity index (χ1n) is 6.12. The van der Waals surface area contributed by atoms with Gasteiger partial charge in [0.1, 0.15) is 0 Å². The Morgan fingerprint density at radius 3 is 2.78 bits per heavy atom. The zero-order valence-electron chi connectivity index (χ0n) is 11.2. The van der Waals surface area contributed by atoms with Gasteiger partial charge in [-0.05, 0) is 27.0 Å². The van der Waals surface area contributed by atoms with Crippen molar-refractivity contribution in [2.45, 2.75) is 19.4 Å². The molecule has 1 saturated heterocycles. The van der Waals surface area contributed by atoms with Crippen LogP contribution in [0.1, 0.15) is 24.2 Å². The molecule has 2 heterocycles. The minimum Gasteiger partial charge on any atom is -0.397 e. The first-order chi connectivity index (χ1) is 8.42. The third-order valence-corrected chi connectivity index (χ3v) is 3.69. The van der Waals surface area contributed by atoms with Gasteiger partial charge in [0.05, 0.1) is 17.4 Å². The molecule has 2 N–H and O–H groups in total. The minimum atomic E-state index is -0.00426. The molecule has 0 unspecified atom stereocenters. The Hall–Kier alpha value is -1.62. The van der Waals surface area contributed by atoms with Crippen LogP contribution in [0.4, 0.5) is 5.69 Å². The van der Waals surface area contributed by atoms with Crippen molar-refractivity contribution in [1.29, 1.82) is 0 Å². The lowest BCUT2D eigenvalue weighted by atomic mass is 9.99. The SMILES string of the molecule is CN1CCN(C(=O)c2ccncc2N)CC1(C)C. The maximum absolute atomic E-state index is 12.4. The Labute approximate surface area is 108 Å². The lowest BCUT2D eigenvalue weighted by molar-refractivity contribution is 0.0312. The number of likely N-dealkylation sites (N-methyl/N-ethyl adjacent to an activating group) is 1. The van der Waals surface area contributed by atoms with E-state index in [1.807, 2.05) is 4.90 Å². The Morgan fingerprint density at radius 1 is 1.44 bits per heavy atom. The van der Waals surface area contributed by atoms with Crippen LogP contribution in [0.5, 0.6) is 0 Å². The maximum Gasteiger partial charge on any atom is 0.256 e. The molecule has 5 nitrogen and oxygen atoms in total. The van der Waals surface area contributed by atoms with Gasteiger partial charge in [-0.3, -0.25) is 14.7 Å². The second-order valence-corrected chi connectivity index (χ2v) is 5.42. The third-order valence-electron chi connectivity index (χ3n) is 3.69. The number of amides is 1. The molecular formula is C13H20N4O. The van der Waals surface area contributed by atoms with E-state index in [0.717, 1.165) is 13.1 Å². The predicted molar refractivity (Wildman–Crippen MR) is 71.3 cm³/mol. The molecule has 18 heavy (non-hydrogen) atoms. The van der Waals surface area contributed by atoms with Gasteiger partial charge in [-0.2, -0.15) is 0 Å². The molecule has 0 bridgehead atoms. The minimum absolute atomic E-state index is 0.00363. The molecule has 5 heteroatoms. The van der Waals surface area contributed by atoms with Gasteiger partial charge >= 0.3 is 0 Å². The number of aromatic nitrogens is 1. The number of hydrogen-bond acceptors (Lipinski definition) is 4. The van der Waals surface area contributed by atoms with E-state index < -0.39 is 0 Å². The average Bonchev–Trinajstić information content (AvgIpc) is 2.32. The lowest BCUT2D eigenvalue weighted by Gasteiger charge is -2.45. The summed E-state index contributed by atoms with van der Waals surface area (Å²) in [5.41, 5.74) is 6.79. The predicted octanol–water partition coefficient (Wildman–Crippen LogP) is 0.830. The van der Waals surface area contributed by atoms with E-state index in [4.69, 9.17) is 5.73 Å². The molecule has 1 fully saturated rings. The molecule has 2 rings (SSSR count). The Balaban J connectivity index is 2.18. The van der Waals surface area contributed by atoms with Crippen LogP contribution < -0.4 is 5.73 Å². The van der Waals surface area contributed by atoms with Crippen LogP contribution in [-0.4, -0.2) is 52.9 Å². The number of carbonyl (C=O) groups is 1. The fraction of sp³-hybridized carbons (Fsp3) is 0.538. The topological polar surface area (TPSA) is 62.5 Å². The quantitative estimate of drug-likeness (QED) is 0.799. The van der Waals surface area contributed by atoms with Crippen LogP contribution in [-0.2, 0) is 0 Å². The maximum atomic E-state index is 12.4. The number of hydrogen-bond donors (Lipinski definition) is 1. The smallest absolute Gasteiger partial charge is 0.256 e. The number of pyridine rings is 1. The zero-order chi connectivity index (χ0) is 13.3. The highest BCUT2D eigenvalue weighted by atomic mass is 16.2. The van der Waals surface area contributed by atoms with Crippen molar-refractivity contribution in [2.75, 3.05) is 32.4 Å². The van der Waals surface area contributed by atoms with E-state index in [1.165, 1.54) is 6.20 Å². The fourth-order valence-corrected chi connectivity index (χ4v) is 2.19. The molecule has 0 aromatic carbocycles. The first kappa shape index (κ1) is 12.8. The van der Waals surface area contributed by atoms with E-state index in [1.54, 1.807) is 12.3 Å². The summed E-state index contributed by atoms with van der Waals surface area (Å²) in [6.45, 7) is 6.61. The Morgan fingerprint density at radius 2 is 2.17 bits per heavy atom. The van der Waals surface area contributed by atoms with E-state index in [0.29, 0.717) is 17.8 Å². The monoisotopic (exact) mass is 248 g/mol. The molecule has 0 aliphatic carbocycles. The molecule has 1 aliphatic rings. The molecule has 1 aliphatic heterocycles. The molecule has 0 atom stereocenters. The van der Waals surface area contributed by atoms with Gasteiger partial charge in [0, 0.05) is 31.4 Å². The number of rotatable bonds is 1. The van der Waals surface area contributed by atoms with Crippen LogP contribution in [0.25, 0.3) is 0 Å². The highest BCUT2D eigenvalue weighted by Crippen LogP contribution is 2.21. The van der Waals surface area contributed by atoms with Crippen molar-refractivity contribution >= 4 is 11.6 Å². The number of nitrogen functional groups attached to an aromatic ring is 1. The number of anilines is 1. The van der Waals surface area contributed by atoms with Crippen molar-refractivity contribution in [2.24, 2.45) is 0 Å². The number of piperazine rings is 1. The van der Waals surface area contributed by atoms with Crippen molar-refractivity contribution in [3.63, 3.8) is 0 Å². The second-order valence-electron chi connectivity index (χ2n) is 5.42. The van der Waals surface area contributed by atoms with Gasteiger partial charge in [0.25, 0.3) is 5.91 Å². The summed E-state index contributed by atoms with van der Waals surface area (Å²) < 4.78 is 0. The molecule has 1 aromatic heterocycles. The molecule has 0 spiro atoms. The van der Waals surface area contributed by atoms with Crippen molar-refractivity contribution in [3.8, 4) is 0 Å². The summed E-state index contributed by atoms with van der Waals surface area (Å²) in [6.07, 6.45) is 3.12. The summed E-state index contributed by atoms with van der Waals surface area (Å²) in [4.78, 5) is 20.5. The molecule has 0 radical (unpaired) electrons. The average molecular weight is 248 g/mol. The largest absolute Gasteiger partial charge is 0.397 e. The second kappa shape index (κ2) is 4.57. The number of nitrogens with zero attached hydrogens (tertiary/aromatic N) is 3. The van der Waals surface area contributed by atoms with Crippen molar-refractivity contribution in [1.82, 2.24) is 14.8 Å². The van der Waals surface area contributed by atoms with E-state index in [9.17, 15) is 4.79 Å². The molecule has 0 saturated carbocycles. The van der Waals surface area contributed by atoms with Gasteiger partial charge < -0.3 is 10.6 Å². The van der Waals surface area contributed by atoms with Crippen molar-refractivity contribution in [3.05, 3.63) is 24.0 Å². The zero-order valence-corrected chi connectivity index (χ0v) is 11.2. The van der Waals surface area contributed by atoms with E-state index in [-0.39, 0.29) is 11.4 Å². The Bertz CT molecular complexity index is 458. The van der Waals surface area contributed by atoms with Crippen LogP contribution in [0.3, 0.4) is 0 Å². The highest BCUT2D eigenvalue weighted by Gasteiger charge is 2.33. The fourth-order valence-electron chi connectivity index (χ4n) is 2.19. The molecule has 98 valence electrons. The lowest BCUT2D eigenvalue weighted by Crippen LogP contribution is -2.58. The van der Waals surface area contributed by atoms with E-state index >= 15 is 0 Å². The molecule has 1 amide bonds. The molecule has 1 aromatic rings. The highest BCUT2D eigenvalue weighted by molar-refractivity contribution is 5.98. The van der Waals surface area contributed by atoms with Crippen molar-refractivity contribution < 1.29 is 4.79 Å². The Kier molecular flexibility index (Phi) is 3.26. The summed E-state index contributed by atoms with van der Waals surface area (Å²) >= 11 is 0. The van der Waals surface area contributed by atoms with Crippen LogP contribution in [0.15, 0.2) is 18.5 Å². The van der Waals surface area contributed by atoms with Gasteiger partial charge in [-0.15, -0.1) is 0 Å². The first-order valence-corrected chi connectivity index (χ1v) is 6.12. The number of carbonyl (C=O) groups excluding carboxylic acids is 1. The molecular weight excluding hydrogens is 228 g/mol. The van der Waals surface area contributed by atoms with Gasteiger partial charge in [0.15, 0.2) is 0 Å². The van der Waals surface area contributed by atoms with Gasteiger partial charge in [-0.25, -0.2) is 0 Å². The third kappa shape index (κ3) is 2.31. The van der Waals surface area contributed by atoms with Gasteiger partial charge in [-0.1, -0.05) is 0 Å². The van der Waals surface area contributed by atoms with E-state index in [2.05, 4.69) is 30.8 Å². The summed E-state index contributed by atoms with van der Waals surface area (Å²) in [5.74, 6) is -0.00363. The van der Waals surface area contributed by atoms with Crippen LogP contribution in [0, 0.1) is 0 Å². The standard InChI is InChI=1S/C13H20N4O/c1-13(2)9-17(7-6-16(13)3)12(18)10-4-5-15-8-11(10)14/h4-5,8H,6-7,9,14H2,1-3H3. The summed E-state index contributed by atoms with van der Waals surface area (Å²) in [5, 5.41) is 0.